The van der Waals surface area contributed by atoms with Gasteiger partial charge in [0, 0.05) is 63.9 Å². The topological polar surface area (TPSA) is 452 Å². The molecule has 3 aromatic rings. The van der Waals surface area contributed by atoms with Gasteiger partial charge in [-0.25, -0.2) is 4.98 Å². The van der Waals surface area contributed by atoms with Gasteiger partial charge in [0.15, 0.2) is 0 Å². The summed E-state index contributed by atoms with van der Waals surface area (Å²) in [5.41, 5.74) is 9.26. The number of H-pyrrole nitrogens is 1. The van der Waals surface area contributed by atoms with Gasteiger partial charge >= 0.3 is 5.97 Å². The Morgan fingerprint density at radius 2 is 1.37 bits per heavy atom. The first-order valence-electron chi connectivity index (χ1n) is 25.6. The van der Waals surface area contributed by atoms with Gasteiger partial charge in [-0.15, -0.1) is 0 Å². The largest absolute Gasteiger partial charge is 0.469 e. The zero-order valence-electron chi connectivity index (χ0n) is 43.6. The lowest BCUT2D eigenvalue weighted by Crippen LogP contribution is -2.52. The van der Waals surface area contributed by atoms with Gasteiger partial charge in [0.1, 0.15) is 54.5 Å². The molecule has 11 atom stereocenters. The maximum absolute atomic E-state index is 13.9. The van der Waals surface area contributed by atoms with Crippen LogP contribution in [0.2, 0.25) is 0 Å². The molecule has 4 unspecified atom stereocenters. The fourth-order valence-electron chi connectivity index (χ4n) is 8.26. The molecular formula is C50H76N10O18. The minimum atomic E-state index is -1.96. The first kappa shape index (κ1) is 64.1. The van der Waals surface area contributed by atoms with E-state index in [2.05, 4.69) is 36.6 Å². The van der Waals surface area contributed by atoms with Crippen LogP contribution in [0.5, 0.6) is 0 Å². The Morgan fingerprint density at radius 3 is 1.97 bits per heavy atom. The summed E-state index contributed by atoms with van der Waals surface area (Å²) >= 11 is 0. The van der Waals surface area contributed by atoms with E-state index in [4.69, 9.17) is 20.7 Å². The molecule has 1 aromatic heterocycles. The van der Waals surface area contributed by atoms with Crippen LogP contribution in [0.4, 0.5) is 5.69 Å². The van der Waals surface area contributed by atoms with Crippen LogP contribution < -0.4 is 32.3 Å². The van der Waals surface area contributed by atoms with E-state index < -0.39 is 129 Å². The van der Waals surface area contributed by atoms with Gasteiger partial charge in [-0.2, -0.15) is 0 Å². The summed E-state index contributed by atoms with van der Waals surface area (Å²) in [6.07, 6.45) is -14.4. The first-order chi connectivity index (χ1) is 37.1. The fraction of sp³-hybridized carbons (Fsp3) is 0.600. The highest BCUT2D eigenvalue weighted by molar-refractivity contribution is 5.96. The third-order valence-corrected chi connectivity index (χ3v) is 13.1. The van der Waals surface area contributed by atoms with E-state index in [0.717, 1.165) is 11.0 Å². The highest BCUT2D eigenvalue weighted by atomic mass is 16.5. The van der Waals surface area contributed by atoms with Crippen molar-refractivity contribution >= 4 is 58.1 Å². The molecule has 0 saturated heterocycles. The quantitative estimate of drug-likeness (QED) is 0.0200. The number of nitrogens with one attached hydrogen (secondary N) is 6. The van der Waals surface area contributed by atoms with E-state index >= 15 is 0 Å². The van der Waals surface area contributed by atoms with E-state index in [1.807, 2.05) is 24.3 Å². The van der Waals surface area contributed by atoms with Crippen LogP contribution in [0.3, 0.4) is 0 Å². The standard InChI is InChI=1S/C50H76N10O18/c1-59(24-39-56-31-9-5-6-10-32(31)57-39)49(76)27-11-13-30-28(19-27)23-60(50(77)34(55-30)20-42(69)78-2)18-8-4-3-7-17-52-48(75)33(14-16-41(68)54-22-36(64)44(71)46(73)38(66)26-62)58-47(74)29(51)12-15-40(67)53-21-35(63)43(70)45(72)37(65)25-61/h5-6,9-11,13,19,29,33-38,43-46,55,61-66,70-73H,3-4,7-8,12,14-18,20-26,51H2,1-2H3,(H,52,75)(H,53,67)(H,54,68)(H,56,57)(H,58,74)/t29-,33-,34?,35?,36?,37+,38-,43-,44?,45-,46+/m0/s1. The summed E-state index contributed by atoms with van der Waals surface area (Å²) in [6, 6.07) is 8.87. The van der Waals surface area contributed by atoms with E-state index in [1.165, 1.54) is 12.0 Å². The van der Waals surface area contributed by atoms with Crippen molar-refractivity contribution in [1.82, 2.24) is 41.0 Å². The number of aliphatic hydroxyl groups excluding tert-OH is 10. The lowest BCUT2D eigenvalue weighted by atomic mass is 10.0. The van der Waals surface area contributed by atoms with E-state index in [-0.39, 0.29) is 63.7 Å². The number of carbonyl (C=O) groups excluding carboxylic acids is 7. The maximum atomic E-state index is 13.9. The number of carbonyl (C=O) groups is 7. The van der Waals surface area contributed by atoms with E-state index in [0.29, 0.717) is 48.3 Å². The normalized spacial score (nSPS) is 17.3. The fourth-order valence-corrected chi connectivity index (χ4v) is 8.26. The number of unbranched alkanes of at least 4 members (excludes halogenated alkanes) is 3. The van der Waals surface area contributed by atoms with E-state index in [9.17, 15) is 74.4 Å². The second kappa shape index (κ2) is 31.8. The number of fused-ring (bicyclic) bond motifs is 2. The summed E-state index contributed by atoms with van der Waals surface area (Å²) in [6.45, 7) is -2.29. The number of hydrogen-bond donors (Lipinski definition) is 17. The van der Waals surface area contributed by atoms with Gasteiger partial charge in [0.05, 0.1) is 62.6 Å². The van der Waals surface area contributed by atoms with Gasteiger partial charge in [-0.1, -0.05) is 25.0 Å². The number of para-hydroxylation sites is 2. The van der Waals surface area contributed by atoms with Crippen LogP contribution >= 0.6 is 0 Å². The molecule has 6 amide bonds. The molecular weight excluding hydrogens is 1030 g/mol. The van der Waals surface area contributed by atoms with Gasteiger partial charge in [-0.05, 0) is 61.6 Å². The van der Waals surface area contributed by atoms with Crippen molar-refractivity contribution in [2.75, 3.05) is 58.9 Å². The number of anilines is 1. The zero-order chi connectivity index (χ0) is 57.6. The van der Waals surface area contributed by atoms with Crippen molar-refractivity contribution in [3.8, 4) is 0 Å². The number of aliphatic hydroxyl groups is 10. The predicted octanol–water partition coefficient (Wildman–Crippen LogP) is -5.33. The number of nitrogens with two attached hydrogens (primary N) is 1. The number of aromatic amines is 1. The molecule has 0 spiro atoms. The monoisotopic (exact) mass is 1100 g/mol. The Bertz CT molecular complexity index is 2420. The molecule has 28 nitrogen and oxygen atoms in total. The number of amides is 6. The summed E-state index contributed by atoms with van der Waals surface area (Å²) in [4.78, 5) is 103. The third-order valence-electron chi connectivity index (χ3n) is 13.1. The second-order valence-electron chi connectivity index (χ2n) is 19.1. The molecule has 0 fully saturated rings. The molecule has 434 valence electrons. The first-order valence-corrected chi connectivity index (χ1v) is 25.6. The molecule has 2 aromatic carbocycles. The van der Waals surface area contributed by atoms with Crippen LogP contribution in [0.15, 0.2) is 42.5 Å². The van der Waals surface area contributed by atoms with Crippen molar-refractivity contribution in [2.24, 2.45) is 5.73 Å². The Balaban J connectivity index is 1.32. The van der Waals surface area contributed by atoms with E-state index in [1.54, 1.807) is 30.1 Å². The SMILES string of the molecule is COC(=O)CC1Nc2ccc(C(=O)N(C)Cc3nc4ccccc4[nH]3)cc2CN(CCCCCCNC(=O)[C@H](CCC(=O)NCC(O)C(O)[C@H](O)[C@@H](O)CO)NC(=O)[C@@H](N)CCC(=O)NCC(O)[C@H](O)[C@@H](O)[C@H](O)CO)C1=O. The van der Waals surface area contributed by atoms with Crippen molar-refractivity contribution in [3.63, 3.8) is 0 Å². The number of benzene rings is 2. The molecule has 0 aliphatic carbocycles. The van der Waals surface area contributed by atoms with Crippen LogP contribution in [-0.4, -0.2) is 233 Å². The Hall–Kier alpha value is -6.44. The predicted molar refractivity (Wildman–Crippen MR) is 276 cm³/mol. The molecule has 0 radical (unpaired) electrons. The second-order valence-corrected chi connectivity index (χ2v) is 19.1. The number of aromatic nitrogens is 2. The molecule has 0 saturated carbocycles. The minimum absolute atomic E-state index is 0.106. The number of hydrogen-bond acceptors (Lipinski definition) is 21. The lowest BCUT2D eigenvalue weighted by Gasteiger charge is -2.26. The van der Waals surface area contributed by atoms with Crippen molar-refractivity contribution in [2.45, 2.75) is 138 Å². The number of esters is 1. The van der Waals surface area contributed by atoms with Crippen molar-refractivity contribution < 1.29 is 89.4 Å². The number of nitrogens with zero attached hydrogens (tertiary/aromatic N) is 3. The molecule has 2 heterocycles. The number of methoxy groups -OCH3 is 1. The van der Waals surface area contributed by atoms with Crippen LogP contribution in [0.25, 0.3) is 11.0 Å². The zero-order valence-corrected chi connectivity index (χ0v) is 43.6. The van der Waals surface area contributed by atoms with Gasteiger partial charge in [0.25, 0.3) is 5.91 Å². The molecule has 28 heteroatoms. The Kier molecular flexibility index (Phi) is 26.2. The van der Waals surface area contributed by atoms with Crippen molar-refractivity contribution in [3.05, 3.63) is 59.4 Å². The molecule has 4 rings (SSSR count). The lowest BCUT2D eigenvalue weighted by molar-refractivity contribution is -0.144. The van der Waals surface area contributed by atoms with Crippen molar-refractivity contribution in [1.29, 1.82) is 0 Å². The summed E-state index contributed by atoms with van der Waals surface area (Å²) < 4.78 is 4.86. The Morgan fingerprint density at radius 1 is 0.782 bits per heavy atom. The number of imidazole rings is 1. The average Bonchev–Trinajstić information content (AvgIpc) is 3.83. The summed E-state index contributed by atoms with van der Waals surface area (Å²) in [7, 11) is 2.88. The molecule has 78 heavy (non-hydrogen) atoms. The smallest absolute Gasteiger partial charge is 0.308 e. The number of ether oxygens (including phenoxy) is 1. The Labute approximate surface area is 449 Å². The maximum Gasteiger partial charge on any atom is 0.308 e. The van der Waals surface area contributed by atoms with Gasteiger partial charge < -0.3 is 103 Å². The van der Waals surface area contributed by atoms with Gasteiger partial charge in [0.2, 0.25) is 29.5 Å². The molecule has 0 bridgehead atoms. The average molecular weight is 1110 g/mol. The summed E-state index contributed by atoms with van der Waals surface area (Å²) in [5.74, 6) is -3.71. The minimum Gasteiger partial charge on any atom is -0.469 e. The van der Waals surface area contributed by atoms with Crippen LogP contribution in [-0.2, 0) is 46.6 Å². The highest BCUT2D eigenvalue weighted by Crippen LogP contribution is 2.27. The highest BCUT2D eigenvalue weighted by Gasteiger charge is 2.34. The molecule has 1 aliphatic heterocycles. The van der Waals surface area contributed by atoms with Crippen LogP contribution in [0.1, 0.15) is 79.5 Å². The molecule has 18 N–H and O–H groups in total. The third kappa shape index (κ3) is 19.5. The molecule has 1 aliphatic rings. The number of rotatable bonds is 33. The van der Waals surface area contributed by atoms with Gasteiger partial charge in [-0.3, -0.25) is 33.6 Å². The van der Waals surface area contributed by atoms with Crippen LogP contribution in [0, 0.1) is 0 Å². The summed E-state index contributed by atoms with van der Waals surface area (Å²) in [5, 5.41) is 110.